The second kappa shape index (κ2) is 9.58. The summed E-state index contributed by atoms with van der Waals surface area (Å²) in [6.45, 7) is 2.25. The molecule has 5 nitrogen and oxygen atoms in total. The molecule has 0 bridgehead atoms. The van der Waals surface area contributed by atoms with E-state index in [4.69, 9.17) is 16.1 Å². The van der Waals surface area contributed by atoms with Gasteiger partial charge in [0, 0.05) is 21.9 Å². The first-order valence-corrected chi connectivity index (χ1v) is 10.0. The van der Waals surface area contributed by atoms with Gasteiger partial charge in [0.1, 0.15) is 0 Å². The molecule has 140 valence electrons. The van der Waals surface area contributed by atoms with E-state index in [2.05, 4.69) is 15.5 Å². The molecule has 0 aliphatic rings. The highest BCUT2D eigenvalue weighted by atomic mass is 35.5. The van der Waals surface area contributed by atoms with Gasteiger partial charge in [0.25, 0.3) is 0 Å². The van der Waals surface area contributed by atoms with E-state index in [0.717, 1.165) is 33.2 Å². The first-order chi connectivity index (χ1) is 13.1. The number of rotatable bonds is 8. The number of halogens is 1. The van der Waals surface area contributed by atoms with Gasteiger partial charge in [-0.15, -0.1) is 11.8 Å². The quantitative estimate of drug-likeness (QED) is 0.430. The SMILES string of the molecule is Cc1cccc(-c2noc(CNC(=O)CCCSc3ccc(Cl)cc3)n2)c1. The topological polar surface area (TPSA) is 68.0 Å². The lowest BCUT2D eigenvalue weighted by atomic mass is 10.1. The number of hydrogen-bond acceptors (Lipinski definition) is 5. The van der Waals surface area contributed by atoms with Gasteiger partial charge in [-0.25, -0.2) is 0 Å². The molecule has 0 spiro atoms. The molecule has 27 heavy (non-hydrogen) atoms. The fourth-order valence-electron chi connectivity index (χ4n) is 2.44. The fourth-order valence-corrected chi connectivity index (χ4v) is 3.42. The van der Waals surface area contributed by atoms with Crippen molar-refractivity contribution in [3.63, 3.8) is 0 Å². The van der Waals surface area contributed by atoms with Crippen LogP contribution in [0.1, 0.15) is 24.3 Å². The van der Waals surface area contributed by atoms with E-state index >= 15 is 0 Å². The molecule has 0 saturated carbocycles. The molecular weight excluding hydrogens is 382 g/mol. The number of hydrogen-bond donors (Lipinski definition) is 1. The highest BCUT2D eigenvalue weighted by Crippen LogP contribution is 2.21. The zero-order chi connectivity index (χ0) is 19.1. The Hall–Kier alpha value is -2.31. The number of nitrogens with one attached hydrogen (secondary N) is 1. The number of amides is 1. The summed E-state index contributed by atoms with van der Waals surface area (Å²) in [5.41, 5.74) is 2.03. The summed E-state index contributed by atoms with van der Waals surface area (Å²) >= 11 is 7.57. The van der Waals surface area contributed by atoms with Crippen LogP contribution in [0.2, 0.25) is 5.02 Å². The lowest BCUT2D eigenvalue weighted by molar-refractivity contribution is -0.121. The largest absolute Gasteiger partial charge is 0.347 e. The monoisotopic (exact) mass is 401 g/mol. The number of aryl methyl sites for hydroxylation is 1. The molecule has 2 aromatic carbocycles. The highest BCUT2D eigenvalue weighted by Gasteiger charge is 2.10. The minimum Gasteiger partial charge on any atom is -0.347 e. The second-order valence-corrected chi connectivity index (χ2v) is 7.67. The van der Waals surface area contributed by atoms with E-state index in [1.165, 1.54) is 0 Å². The highest BCUT2D eigenvalue weighted by molar-refractivity contribution is 7.99. The summed E-state index contributed by atoms with van der Waals surface area (Å²) in [5.74, 6) is 1.77. The van der Waals surface area contributed by atoms with Crippen molar-refractivity contribution in [1.82, 2.24) is 15.5 Å². The van der Waals surface area contributed by atoms with E-state index in [9.17, 15) is 4.79 Å². The summed E-state index contributed by atoms with van der Waals surface area (Å²) in [6, 6.07) is 15.6. The normalized spacial score (nSPS) is 10.7. The summed E-state index contributed by atoms with van der Waals surface area (Å²) in [6.07, 6.45) is 1.25. The molecule has 1 heterocycles. The Kier molecular flexibility index (Phi) is 6.90. The average molecular weight is 402 g/mol. The van der Waals surface area contributed by atoms with E-state index in [1.807, 2.05) is 55.5 Å². The summed E-state index contributed by atoms with van der Waals surface area (Å²) in [5, 5.41) is 7.52. The lowest BCUT2D eigenvalue weighted by Crippen LogP contribution is -2.22. The Bertz CT molecular complexity index is 896. The number of thioether (sulfide) groups is 1. The molecular formula is C20H20ClN3O2S. The molecule has 0 aliphatic carbocycles. The van der Waals surface area contributed by atoms with Gasteiger partial charge in [-0.05, 0) is 49.4 Å². The summed E-state index contributed by atoms with van der Waals surface area (Å²) in [7, 11) is 0. The van der Waals surface area contributed by atoms with Gasteiger partial charge in [-0.2, -0.15) is 4.98 Å². The van der Waals surface area contributed by atoms with Crippen LogP contribution in [-0.2, 0) is 11.3 Å². The van der Waals surface area contributed by atoms with Gasteiger partial charge in [0.15, 0.2) is 0 Å². The van der Waals surface area contributed by atoms with Crippen molar-refractivity contribution in [2.24, 2.45) is 0 Å². The van der Waals surface area contributed by atoms with E-state index < -0.39 is 0 Å². The molecule has 0 radical (unpaired) electrons. The minimum atomic E-state index is -0.0259. The molecule has 0 atom stereocenters. The van der Waals surface area contributed by atoms with Crippen molar-refractivity contribution in [1.29, 1.82) is 0 Å². The number of carbonyl (C=O) groups is 1. The Morgan fingerprint density at radius 1 is 1.22 bits per heavy atom. The Balaban J connectivity index is 1.38. The second-order valence-electron chi connectivity index (χ2n) is 6.06. The van der Waals surface area contributed by atoms with Crippen LogP contribution < -0.4 is 5.32 Å². The van der Waals surface area contributed by atoms with E-state index in [1.54, 1.807) is 11.8 Å². The van der Waals surface area contributed by atoms with Crippen LogP contribution in [-0.4, -0.2) is 21.8 Å². The van der Waals surface area contributed by atoms with Crippen molar-refractivity contribution < 1.29 is 9.32 Å². The molecule has 3 rings (SSSR count). The van der Waals surface area contributed by atoms with Crippen LogP contribution in [0.4, 0.5) is 0 Å². The molecule has 1 aromatic heterocycles. The van der Waals surface area contributed by atoms with Gasteiger partial charge in [-0.3, -0.25) is 4.79 Å². The zero-order valence-corrected chi connectivity index (χ0v) is 16.5. The molecule has 1 N–H and O–H groups in total. The third-order valence-corrected chi connectivity index (χ3v) is 5.16. The Labute approximate surface area is 167 Å². The molecule has 0 fully saturated rings. The molecule has 1 amide bonds. The third kappa shape index (κ3) is 6.12. The number of carbonyl (C=O) groups excluding carboxylic acids is 1. The van der Waals surface area contributed by atoms with Gasteiger partial charge < -0.3 is 9.84 Å². The van der Waals surface area contributed by atoms with Crippen molar-refractivity contribution >= 4 is 29.3 Å². The standard InChI is InChI=1S/C20H20ClN3O2S/c1-14-4-2-5-15(12-14)20-23-19(26-24-20)13-22-18(25)6-3-11-27-17-9-7-16(21)8-10-17/h2,4-5,7-10,12H,3,6,11,13H2,1H3,(H,22,25). The van der Waals surface area contributed by atoms with Crippen molar-refractivity contribution in [3.05, 3.63) is 65.0 Å². The Morgan fingerprint density at radius 2 is 2.04 bits per heavy atom. The van der Waals surface area contributed by atoms with Gasteiger partial charge >= 0.3 is 0 Å². The lowest BCUT2D eigenvalue weighted by Gasteiger charge is -2.03. The minimum absolute atomic E-state index is 0.0259. The molecule has 0 saturated heterocycles. The molecule has 3 aromatic rings. The van der Waals surface area contributed by atoms with E-state index in [0.29, 0.717) is 18.1 Å². The number of nitrogens with zero attached hydrogens (tertiary/aromatic N) is 2. The van der Waals surface area contributed by atoms with Gasteiger partial charge in [0.2, 0.25) is 17.6 Å². The van der Waals surface area contributed by atoms with Crippen LogP contribution in [0.25, 0.3) is 11.4 Å². The number of aromatic nitrogens is 2. The zero-order valence-electron chi connectivity index (χ0n) is 14.9. The van der Waals surface area contributed by atoms with Crippen LogP contribution in [0.3, 0.4) is 0 Å². The smallest absolute Gasteiger partial charge is 0.246 e. The predicted molar refractivity (Wildman–Crippen MR) is 108 cm³/mol. The van der Waals surface area contributed by atoms with Crippen molar-refractivity contribution in [3.8, 4) is 11.4 Å². The maximum Gasteiger partial charge on any atom is 0.246 e. The van der Waals surface area contributed by atoms with Crippen LogP contribution >= 0.6 is 23.4 Å². The van der Waals surface area contributed by atoms with Crippen molar-refractivity contribution in [2.75, 3.05) is 5.75 Å². The van der Waals surface area contributed by atoms with Crippen LogP contribution in [0, 0.1) is 6.92 Å². The predicted octanol–water partition coefficient (Wildman–Crippen LogP) is 4.89. The maximum atomic E-state index is 12.0. The molecule has 0 unspecified atom stereocenters. The Morgan fingerprint density at radius 3 is 2.81 bits per heavy atom. The molecule has 0 aliphatic heterocycles. The van der Waals surface area contributed by atoms with Crippen LogP contribution in [0.5, 0.6) is 0 Å². The fraction of sp³-hybridized carbons (Fsp3) is 0.250. The molecule has 7 heteroatoms. The maximum absolute atomic E-state index is 12.0. The third-order valence-electron chi connectivity index (χ3n) is 3.81. The summed E-state index contributed by atoms with van der Waals surface area (Å²) in [4.78, 5) is 17.4. The average Bonchev–Trinajstić information content (AvgIpc) is 3.14. The van der Waals surface area contributed by atoms with Crippen molar-refractivity contribution in [2.45, 2.75) is 31.2 Å². The first-order valence-electron chi connectivity index (χ1n) is 8.65. The van der Waals surface area contributed by atoms with Gasteiger partial charge in [0.05, 0.1) is 6.54 Å². The number of benzene rings is 2. The van der Waals surface area contributed by atoms with Crippen LogP contribution in [0.15, 0.2) is 57.9 Å². The summed E-state index contributed by atoms with van der Waals surface area (Å²) < 4.78 is 5.21. The first kappa shape index (κ1) is 19.5. The van der Waals surface area contributed by atoms with E-state index in [-0.39, 0.29) is 12.5 Å². The van der Waals surface area contributed by atoms with Gasteiger partial charge in [-0.1, -0.05) is 40.5 Å².